The van der Waals surface area contributed by atoms with Crippen molar-refractivity contribution in [3.05, 3.63) is 68.0 Å². The highest BCUT2D eigenvalue weighted by molar-refractivity contribution is 9.12. The van der Waals surface area contributed by atoms with Crippen molar-refractivity contribution in [2.45, 2.75) is 56.9 Å². The van der Waals surface area contributed by atoms with E-state index in [1.165, 1.54) is 12.4 Å². The van der Waals surface area contributed by atoms with Crippen molar-refractivity contribution in [2.75, 3.05) is 18.5 Å². The first-order chi connectivity index (χ1) is 19.2. The summed E-state index contributed by atoms with van der Waals surface area (Å²) in [6.07, 6.45) is 8.60. The molecular weight excluding hydrogens is 621 g/mol. The molecule has 1 saturated heterocycles. The number of nitrogens with one attached hydrogen (secondary N) is 2. The Morgan fingerprint density at radius 1 is 1.12 bits per heavy atom. The Morgan fingerprint density at radius 2 is 1.80 bits per heavy atom. The highest BCUT2D eigenvalue weighted by atomic mass is 79.9. The van der Waals surface area contributed by atoms with Gasteiger partial charge in [-0.25, -0.2) is 4.79 Å². The molecule has 1 saturated carbocycles. The SMILES string of the molecule is O=C(Nc1ccc(C(CC2CCOC2)[C@H](NC2=C(Br)C(=O)C23CCCCC3)C(=O)O)cc1)c1c(Cl)cncc1Cl. The number of rotatable bonds is 9. The molecule has 1 amide bonds. The average molecular weight is 651 g/mol. The summed E-state index contributed by atoms with van der Waals surface area (Å²) in [5.41, 5.74) is 1.55. The van der Waals surface area contributed by atoms with Gasteiger partial charge >= 0.3 is 5.97 Å². The number of aromatic nitrogens is 1. The number of halogens is 3. The van der Waals surface area contributed by atoms with Gasteiger partial charge in [0.05, 0.1) is 25.5 Å². The van der Waals surface area contributed by atoms with Gasteiger partial charge in [-0.1, -0.05) is 54.6 Å². The highest BCUT2D eigenvalue weighted by Crippen LogP contribution is 2.54. The van der Waals surface area contributed by atoms with Gasteiger partial charge < -0.3 is 20.5 Å². The third-order valence-electron chi connectivity index (χ3n) is 8.30. The number of pyridine rings is 1. The zero-order chi connectivity index (χ0) is 28.4. The van der Waals surface area contributed by atoms with Crippen molar-refractivity contribution in [3.63, 3.8) is 0 Å². The lowest BCUT2D eigenvalue weighted by Crippen LogP contribution is -2.54. The van der Waals surface area contributed by atoms with Crippen LogP contribution < -0.4 is 10.6 Å². The summed E-state index contributed by atoms with van der Waals surface area (Å²) in [4.78, 5) is 42.4. The molecule has 212 valence electrons. The number of carbonyl (C=O) groups is 3. The number of ketones is 1. The van der Waals surface area contributed by atoms with E-state index in [-0.39, 0.29) is 27.3 Å². The summed E-state index contributed by atoms with van der Waals surface area (Å²) in [6.45, 7) is 1.24. The molecule has 3 aliphatic rings. The van der Waals surface area contributed by atoms with E-state index < -0.39 is 29.3 Å². The fourth-order valence-corrected chi connectivity index (χ4v) is 7.55. The van der Waals surface area contributed by atoms with Crippen molar-refractivity contribution in [3.8, 4) is 0 Å². The number of benzene rings is 1. The number of anilines is 1. The summed E-state index contributed by atoms with van der Waals surface area (Å²) in [5.74, 6) is -1.58. The summed E-state index contributed by atoms with van der Waals surface area (Å²) in [5, 5.41) is 16.8. The Bertz CT molecular complexity index is 1320. The Hall–Kier alpha value is -2.46. The standard InChI is InChI=1S/C29H30BrCl2N3O5/c30-23-25(29(26(23)36)9-2-1-3-10-29)35-24(28(38)39)19(12-16-8-11-40-15-16)17-4-6-18(7-5-17)34-27(37)22-20(31)13-33-14-21(22)32/h4-7,13-14,16,19,24,35H,1-3,8-12,15H2,(H,34,37)(H,38,39)/t16?,19?,24-/m0/s1. The van der Waals surface area contributed by atoms with Gasteiger partial charge in [-0.05, 0) is 65.2 Å². The van der Waals surface area contributed by atoms with Gasteiger partial charge in [0.1, 0.15) is 6.04 Å². The van der Waals surface area contributed by atoms with Gasteiger partial charge in [0.2, 0.25) is 0 Å². The summed E-state index contributed by atoms with van der Waals surface area (Å²) >= 11 is 15.7. The minimum absolute atomic E-state index is 0.0640. The van der Waals surface area contributed by atoms with Gasteiger partial charge in [0.25, 0.3) is 5.91 Å². The maximum absolute atomic E-state index is 12.9. The van der Waals surface area contributed by atoms with E-state index in [4.69, 9.17) is 27.9 Å². The maximum atomic E-state index is 12.9. The second-order valence-electron chi connectivity index (χ2n) is 10.7. The molecule has 40 heavy (non-hydrogen) atoms. The van der Waals surface area contributed by atoms with E-state index in [0.717, 1.165) is 44.1 Å². The Labute approximate surface area is 251 Å². The van der Waals surface area contributed by atoms with Crippen LogP contribution in [0.25, 0.3) is 0 Å². The third kappa shape index (κ3) is 5.66. The second-order valence-corrected chi connectivity index (χ2v) is 12.4. The highest BCUT2D eigenvalue weighted by Gasteiger charge is 2.54. The number of hydrogen-bond donors (Lipinski definition) is 3. The van der Waals surface area contributed by atoms with Crippen LogP contribution in [0.4, 0.5) is 5.69 Å². The fraction of sp³-hybridized carbons (Fsp3) is 0.448. The lowest BCUT2D eigenvalue weighted by Gasteiger charge is -2.47. The molecule has 0 radical (unpaired) electrons. The predicted molar refractivity (Wildman–Crippen MR) is 156 cm³/mol. The maximum Gasteiger partial charge on any atom is 0.326 e. The Morgan fingerprint density at radius 3 is 2.40 bits per heavy atom. The minimum Gasteiger partial charge on any atom is -0.480 e. The molecule has 1 spiro atoms. The molecule has 3 atom stereocenters. The smallest absolute Gasteiger partial charge is 0.326 e. The molecule has 2 unspecified atom stereocenters. The van der Waals surface area contributed by atoms with E-state index in [0.29, 0.717) is 35.5 Å². The zero-order valence-electron chi connectivity index (χ0n) is 21.7. The number of Topliss-reactive ketones (excluding diaryl/α,β-unsaturated/α-hetero) is 1. The van der Waals surface area contributed by atoms with Crippen LogP contribution in [0.2, 0.25) is 10.0 Å². The van der Waals surface area contributed by atoms with Gasteiger partial charge in [-0.3, -0.25) is 14.6 Å². The predicted octanol–water partition coefficient (Wildman–Crippen LogP) is 6.33. The number of hydrogen-bond acceptors (Lipinski definition) is 6. The van der Waals surface area contributed by atoms with Gasteiger partial charge in [0, 0.05) is 42.9 Å². The first-order valence-electron chi connectivity index (χ1n) is 13.4. The molecule has 5 rings (SSSR count). The van der Waals surface area contributed by atoms with Crippen LogP contribution in [-0.4, -0.2) is 47.0 Å². The van der Waals surface area contributed by atoms with Crippen LogP contribution in [0, 0.1) is 11.3 Å². The number of carbonyl (C=O) groups excluding carboxylic acids is 2. The third-order valence-corrected chi connectivity index (χ3v) is 9.63. The summed E-state index contributed by atoms with van der Waals surface area (Å²) in [6, 6.07) is 6.17. The monoisotopic (exact) mass is 649 g/mol. The molecule has 2 fully saturated rings. The first-order valence-corrected chi connectivity index (χ1v) is 15.0. The molecule has 3 N–H and O–H groups in total. The lowest BCUT2D eigenvalue weighted by molar-refractivity contribution is -0.141. The Balaban J connectivity index is 1.40. The number of carboxylic acid groups (broad SMARTS) is 1. The van der Waals surface area contributed by atoms with E-state index in [9.17, 15) is 19.5 Å². The molecule has 2 aromatic rings. The molecule has 11 heteroatoms. The van der Waals surface area contributed by atoms with E-state index in [1.54, 1.807) is 12.1 Å². The number of ether oxygens (including phenoxy) is 1. The fourth-order valence-electron chi connectivity index (χ4n) is 6.14. The van der Waals surface area contributed by atoms with Crippen LogP contribution in [0.1, 0.15) is 66.8 Å². The van der Waals surface area contributed by atoms with Crippen molar-refractivity contribution in [1.82, 2.24) is 10.3 Å². The van der Waals surface area contributed by atoms with Gasteiger partial charge in [0.15, 0.2) is 5.78 Å². The molecule has 1 aromatic heterocycles. The number of carboxylic acids is 1. The minimum atomic E-state index is -0.985. The van der Waals surface area contributed by atoms with Gasteiger partial charge in [-0.2, -0.15) is 0 Å². The van der Waals surface area contributed by atoms with Crippen molar-refractivity contribution >= 4 is 62.5 Å². The van der Waals surface area contributed by atoms with Crippen LogP contribution in [0.3, 0.4) is 0 Å². The van der Waals surface area contributed by atoms with Crippen LogP contribution in [0.5, 0.6) is 0 Å². The number of nitrogens with zero attached hydrogens (tertiary/aromatic N) is 1. The van der Waals surface area contributed by atoms with Crippen LogP contribution in [-0.2, 0) is 14.3 Å². The van der Waals surface area contributed by atoms with Gasteiger partial charge in [-0.15, -0.1) is 0 Å². The molecule has 1 aliphatic heterocycles. The largest absolute Gasteiger partial charge is 0.480 e. The summed E-state index contributed by atoms with van der Waals surface area (Å²) in [7, 11) is 0. The molecule has 1 aromatic carbocycles. The number of allylic oxidation sites excluding steroid dienone is 2. The molecule has 2 heterocycles. The van der Waals surface area contributed by atoms with E-state index in [1.807, 2.05) is 12.1 Å². The van der Waals surface area contributed by atoms with Crippen molar-refractivity contribution in [1.29, 1.82) is 0 Å². The molecular formula is C29H30BrCl2N3O5. The van der Waals surface area contributed by atoms with E-state index >= 15 is 0 Å². The van der Waals surface area contributed by atoms with Crippen molar-refractivity contribution in [2.24, 2.45) is 11.3 Å². The molecule has 2 aliphatic carbocycles. The van der Waals surface area contributed by atoms with E-state index in [2.05, 4.69) is 31.5 Å². The average Bonchev–Trinajstić information content (AvgIpc) is 3.46. The topological polar surface area (TPSA) is 118 Å². The van der Waals surface area contributed by atoms with Crippen LogP contribution >= 0.6 is 39.1 Å². The van der Waals surface area contributed by atoms with Crippen LogP contribution in [0.15, 0.2) is 46.8 Å². The number of amides is 1. The molecule has 8 nitrogen and oxygen atoms in total. The zero-order valence-corrected chi connectivity index (χ0v) is 24.8. The number of aliphatic carboxylic acids is 1. The quantitative estimate of drug-likeness (QED) is 0.290. The first kappa shape index (κ1) is 29.0. The normalized spacial score (nSPS) is 21.6. The molecule has 0 bridgehead atoms. The Kier molecular flexibility index (Phi) is 8.85. The lowest BCUT2D eigenvalue weighted by atomic mass is 9.62. The van der Waals surface area contributed by atoms with Crippen molar-refractivity contribution < 1.29 is 24.2 Å². The second kappa shape index (κ2) is 12.2. The summed E-state index contributed by atoms with van der Waals surface area (Å²) < 4.78 is 6.04.